The van der Waals surface area contributed by atoms with Crippen LogP contribution in [0.4, 0.5) is 5.82 Å². The van der Waals surface area contributed by atoms with Gasteiger partial charge in [0.1, 0.15) is 5.82 Å². The average molecular weight is 289 g/mol. The molecule has 0 saturated heterocycles. The van der Waals surface area contributed by atoms with Gasteiger partial charge in [-0.3, -0.25) is 4.79 Å². The Kier molecular flexibility index (Phi) is 5.21. The van der Waals surface area contributed by atoms with Crippen molar-refractivity contribution in [2.24, 2.45) is 0 Å². The van der Waals surface area contributed by atoms with Gasteiger partial charge in [0.25, 0.3) is 5.91 Å². The molecule has 1 aliphatic rings. The van der Waals surface area contributed by atoms with E-state index in [0.717, 1.165) is 43.7 Å². The fourth-order valence-corrected chi connectivity index (χ4v) is 2.87. The number of carbonyl (C=O) groups is 1. The lowest BCUT2D eigenvalue weighted by atomic mass is 10.00. The summed E-state index contributed by atoms with van der Waals surface area (Å²) < 4.78 is 0. The summed E-state index contributed by atoms with van der Waals surface area (Å²) in [6, 6.07) is 3.77. The number of aryl methyl sites for hydroxylation is 1. The van der Waals surface area contributed by atoms with Gasteiger partial charge in [-0.1, -0.05) is 26.7 Å². The van der Waals surface area contributed by atoms with Gasteiger partial charge in [0.2, 0.25) is 0 Å². The van der Waals surface area contributed by atoms with Crippen molar-refractivity contribution in [2.75, 3.05) is 11.9 Å². The fraction of sp³-hybridized carbons (Fsp3) is 0.647. The number of anilines is 1. The number of nitrogens with zero attached hydrogens (tertiary/aromatic N) is 1. The summed E-state index contributed by atoms with van der Waals surface area (Å²) >= 11 is 0. The van der Waals surface area contributed by atoms with E-state index in [1.807, 2.05) is 12.1 Å². The predicted molar refractivity (Wildman–Crippen MR) is 86.7 cm³/mol. The minimum atomic E-state index is -0.0380. The van der Waals surface area contributed by atoms with Crippen molar-refractivity contribution >= 4 is 11.7 Å². The first-order valence-electron chi connectivity index (χ1n) is 8.13. The molecule has 0 aliphatic heterocycles. The summed E-state index contributed by atoms with van der Waals surface area (Å²) in [6.07, 6.45) is 6.43. The number of hydrogen-bond acceptors (Lipinski definition) is 3. The Morgan fingerprint density at radius 2 is 2.00 bits per heavy atom. The van der Waals surface area contributed by atoms with E-state index in [1.54, 1.807) is 0 Å². The number of amides is 1. The van der Waals surface area contributed by atoms with Gasteiger partial charge in [-0.25, -0.2) is 4.98 Å². The van der Waals surface area contributed by atoms with Crippen LogP contribution in [0.5, 0.6) is 0 Å². The number of pyridine rings is 1. The Labute approximate surface area is 127 Å². The van der Waals surface area contributed by atoms with Gasteiger partial charge in [0, 0.05) is 23.3 Å². The molecule has 1 fully saturated rings. The average Bonchev–Trinajstić information content (AvgIpc) is 2.91. The molecular weight excluding hydrogens is 262 g/mol. The zero-order valence-electron chi connectivity index (χ0n) is 13.5. The first kappa shape index (κ1) is 15.8. The zero-order valence-corrected chi connectivity index (χ0v) is 13.5. The largest absolute Gasteiger partial charge is 0.370 e. The second-order valence-electron chi connectivity index (χ2n) is 6.23. The molecule has 0 bridgehead atoms. The van der Waals surface area contributed by atoms with Crippen LogP contribution in [0.3, 0.4) is 0 Å². The maximum absolute atomic E-state index is 12.5. The van der Waals surface area contributed by atoms with Crippen molar-refractivity contribution in [3.63, 3.8) is 0 Å². The van der Waals surface area contributed by atoms with Crippen molar-refractivity contribution < 1.29 is 4.79 Å². The molecule has 4 heteroatoms. The van der Waals surface area contributed by atoms with Crippen LogP contribution in [-0.2, 0) is 6.42 Å². The molecule has 1 saturated carbocycles. The molecule has 1 aromatic heterocycles. The molecule has 0 aromatic carbocycles. The molecule has 4 nitrogen and oxygen atoms in total. The number of nitrogens with one attached hydrogen (secondary N) is 2. The molecule has 1 aliphatic carbocycles. The van der Waals surface area contributed by atoms with E-state index in [0.29, 0.717) is 5.56 Å². The van der Waals surface area contributed by atoms with Crippen molar-refractivity contribution in [1.29, 1.82) is 0 Å². The second kappa shape index (κ2) is 6.92. The quantitative estimate of drug-likeness (QED) is 0.842. The van der Waals surface area contributed by atoms with Crippen LogP contribution >= 0.6 is 0 Å². The summed E-state index contributed by atoms with van der Waals surface area (Å²) in [7, 11) is 0. The molecule has 1 aromatic rings. The van der Waals surface area contributed by atoms with E-state index in [2.05, 4.69) is 36.4 Å². The number of aromatic nitrogens is 1. The third-order valence-electron chi connectivity index (χ3n) is 4.18. The predicted octanol–water partition coefficient (Wildman–Crippen LogP) is 3.53. The lowest BCUT2D eigenvalue weighted by Crippen LogP contribution is -2.43. The lowest BCUT2D eigenvalue weighted by Gasteiger charge is -2.25. The van der Waals surface area contributed by atoms with Crippen molar-refractivity contribution in [1.82, 2.24) is 10.3 Å². The molecule has 21 heavy (non-hydrogen) atoms. The van der Waals surface area contributed by atoms with Gasteiger partial charge >= 0.3 is 0 Å². The molecule has 1 amide bonds. The highest BCUT2D eigenvalue weighted by molar-refractivity contribution is 5.95. The number of hydrogen-bond donors (Lipinski definition) is 2. The van der Waals surface area contributed by atoms with Gasteiger partial charge in [-0.15, -0.1) is 0 Å². The minimum absolute atomic E-state index is 0.0241. The van der Waals surface area contributed by atoms with E-state index >= 15 is 0 Å². The lowest BCUT2D eigenvalue weighted by molar-refractivity contribution is 0.0908. The minimum Gasteiger partial charge on any atom is -0.370 e. The summed E-state index contributed by atoms with van der Waals surface area (Å²) in [4.78, 5) is 17.1. The van der Waals surface area contributed by atoms with Gasteiger partial charge in [0.15, 0.2) is 0 Å². The molecule has 0 radical (unpaired) electrons. The van der Waals surface area contributed by atoms with Crippen molar-refractivity contribution in [3.05, 3.63) is 23.4 Å². The van der Waals surface area contributed by atoms with Gasteiger partial charge in [-0.05, 0) is 44.7 Å². The van der Waals surface area contributed by atoms with Crippen LogP contribution in [0.1, 0.15) is 68.9 Å². The van der Waals surface area contributed by atoms with Crippen LogP contribution in [0.15, 0.2) is 12.1 Å². The van der Waals surface area contributed by atoms with E-state index in [4.69, 9.17) is 0 Å². The number of rotatable bonds is 6. The smallest absolute Gasteiger partial charge is 0.251 e. The summed E-state index contributed by atoms with van der Waals surface area (Å²) in [5.41, 5.74) is 1.63. The topological polar surface area (TPSA) is 54.0 Å². The molecule has 116 valence electrons. The standard InChI is InChI=1S/C17H27N3O/c1-4-10-18-15-12-13(11-14(5-2)19-15)16(21)20-17(3)8-6-7-9-17/h11-12H,4-10H2,1-3H3,(H,18,19)(H,20,21). The van der Waals surface area contributed by atoms with Crippen LogP contribution in [0.2, 0.25) is 0 Å². The van der Waals surface area contributed by atoms with Gasteiger partial charge < -0.3 is 10.6 Å². The van der Waals surface area contributed by atoms with Crippen LogP contribution < -0.4 is 10.6 Å². The Morgan fingerprint density at radius 1 is 1.29 bits per heavy atom. The Balaban J connectivity index is 2.15. The third kappa shape index (κ3) is 4.19. The summed E-state index contributed by atoms with van der Waals surface area (Å²) in [5.74, 6) is 0.828. The molecule has 0 spiro atoms. The molecular formula is C17H27N3O. The Hall–Kier alpha value is -1.58. The van der Waals surface area contributed by atoms with E-state index in [1.165, 1.54) is 12.8 Å². The van der Waals surface area contributed by atoms with E-state index in [9.17, 15) is 4.79 Å². The maximum atomic E-state index is 12.5. The molecule has 0 atom stereocenters. The summed E-state index contributed by atoms with van der Waals surface area (Å²) in [5, 5.41) is 6.49. The van der Waals surface area contributed by atoms with Crippen LogP contribution in [-0.4, -0.2) is 23.0 Å². The van der Waals surface area contributed by atoms with Gasteiger partial charge in [-0.2, -0.15) is 0 Å². The van der Waals surface area contributed by atoms with Crippen molar-refractivity contribution in [3.8, 4) is 0 Å². The zero-order chi connectivity index (χ0) is 15.3. The highest BCUT2D eigenvalue weighted by Crippen LogP contribution is 2.29. The van der Waals surface area contributed by atoms with E-state index < -0.39 is 0 Å². The monoisotopic (exact) mass is 289 g/mol. The first-order chi connectivity index (χ1) is 10.1. The van der Waals surface area contributed by atoms with Gasteiger partial charge in [0.05, 0.1) is 0 Å². The second-order valence-corrected chi connectivity index (χ2v) is 6.23. The molecule has 0 unspecified atom stereocenters. The highest BCUT2D eigenvalue weighted by Gasteiger charge is 2.30. The van der Waals surface area contributed by atoms with E-state index in [-0.39, 0.29) is 11.4 Å². The molecule has 2 N–H and O–H groups in total. The Bertz CT molecular complexity index is 493. The Morgan fingerprint density at radius 3 is 2.62 bits per heavy atom. The maximum Gasteiger partial charge on any atom is 0.251 e. The number of carbonyl (C=O) groups excluding carboxylic acids is 1. The fourth-order valence-electron chi connectivity index (χ4n) is 2.87. The molecule has 1 heterocycles. The van der Waals surface area contributed by atoms with Crippen molar-refractivity contribution in [2.45, 2.75) is 64.8 Å². The van der Waals surface area contributed by atoms with Crippen LogP contribution in [0, 0.1) is 0 Å². The summed E-state index contributed by atoms with van der Waals surface area (Å²) in [6.45, 7) is 7.20. The van der Waals surface area contributed by atoms with Crippen LogP contribution in [0.25, 0.3) is 0 Å². The first-order valence-corrected chi connectivity index (χ1v) is 8.13. The third-order valence-corrected chi connectivity index (χ3v) is 4.18. The molecule has 2 rings (SSSR count). The highest BCUT2D eigenvalue weighted by atomic mass is 16.1. The normalized spacial score (nSPS) is 16.7. The SMILES string of the molecule is CCCNc1cc(C(=O)NC2(C)CCCC2)cc(CC)n1.